The molecule has 25 heavy (non-hydrogen) atoms. The maximum atomic E-state index is 12.3. The van der Waals surface area contributed by atoms with E-state index in [-0.39, 0.29) is 23.9 Å². The average Bonchev–Trinajstić information content (AvgIpc) is 2.62. The third-order valence-corrected chi connectivity index (χ3v) is 5.74. The number of amides is 2. The molecule has 0 aromatic heterocycles. The number of carbonyl (C=O) groups excluding carboxylic acids is 2. The Bertz CT molecular complexity index is 706. The van der Waals surface area contributed by atoms with E-state index in [1.165, 1.54) is 25.2 Å². The summed E-state index contributed by atoms with van der Waals surface area (Å²) in [6.45, 7) is 3.74. The Kier molecular flexibility index (Phi) is 7.53. The van der Waals surface area contributed by atoms with Gasteiger partial charge in [0, 0.05) is 12.2 Å². The van der Waals surface area contributed by atoms with Crippen molar-refractivity contribution in [3.63, 3.8) is 0 Å². The second-order valence-corrected chi connectivity index (χ2v) is 7.54. The number of benzene rings is 1. The Balaban J connectivity index is 2.72. The standard InChI is InChI=1S/C16H26N4O4S/c1-4-16(5-2,11-17)15(22)19-10-14(21)20-12-7-6-8-13(9-12)25(23,24)18-3/h6-9,18H,4-5,10-11,17H2,1-3H3,(H,19,22)(H,20,21). The Morgan fingerprint density at radius 1 is 1.20 bits per heavy atom. The molecule has 1 rings (SSSR count). The number of anilines is 1. The highest BCUT2D eigenvalue weighted by Gasteiger charge is 2.33. The lowest BCUT2D eigenvalue weighted by molar-refractivity contribution is -0.132. The number of hydrogen-bond donors (Lipinski definition) is 4. The van der Waals surface area contributed by atoms with Crippen LogP contribution in [0.4, 0.5) is 5.69 Å². The van der Waals surface area contributed by atoms with Crippen molar-refractivity contribution in [3.8, 4) is 0 Å². The van der Waals surface area contributed by atoms with Crippen LogP contribution in [0.15, 0.2) is 29.2 Å². The van der Waals surface area contributed by atoms with Gasteiger partial charge < -0.3 is 16.4 Å². The molecule has 8 nitrogen and oxygen atoms in total. The second-order valence-electron chi connectivity index (χ2n) is 5.66. The van der Waals surface area contributed by atoms with Crippen molar-refractivity contribution in [2.45, 2.75) is 31.6 Å². The molecule has 0 radical (unpaired) electrons. The van der Waals surface area contributed by atoms with Crippen molar-refractivity contribution in [1.82, 2.24) is 10.0 Å². The zero-order chi connectivity index (χ0) is 19.1. The van der Waals surface area contributed by atoms with Crippen LogP contribution in [0.1, 0.15) is 26.7 Å². The predicted octanol–water partition coefficient (Wildman–Crippen LogP) is 0.415. The summed E-state index contributed by atoms with van der Waals surface area (Å²) >= 11 is 0. The molecule has 2 amide bonds. The van der Waals surface area contributed by atoms with Crippen LogP contribution < -0.4 is 21.1 Å². The van der Waals surface area contributed by atoms with Gasteiger partial charge in [-0.1, -0.05) is 19.9 Å². The third-order valence-electron chi connectivity index (χ3n) is 4.33. The van der Waals surface area contributed by atoms with Gasteiger partial charge in [-0.05, 0) is 38.1 Å². The topological polar surface area (TPSA) is 130 Å². The van der Waals surface area contributed by atoms with Crippen LogP contribution in [0.2, 0.25) is 0 Å². The van der Waals surface area contributed by atoms with Crippen molar-refractivity contribution in [1.29, 1.82) is 0 Å². The van der Waals surface area contributed by atoms with E-state index < -0.39 is 21.3 Å². The molecule has 0 aliphatic rings. The summed E-state index contributed by atoms with van der Waals surface area (Å²) < 4.78 is 25.7. The summed E-state index contributed by atoms with van der Waals surface area (Å²) in [6.07, 6.45) is 1.16. The van der Waals surface area contributed by atoms with E-state index in [1.807, 2.05) is 13.8 Å². The molecule has 0 spiro atoms. The molecule has 0 aliphatic heterocycles. The molecule has 0 bridgehead atoms. The summed E-state index contributed by atoms with van der Waals surface area (Å²) in [5.41, 5.74) is 5.35. The molecule has 0 saturated heterocycles. The molecule has 1 aromatic rings. The number of rotatable bonds is 9. The molecule has 0 atom stereocenters. The van der Waals surface area contributed by atoms with Crippen LogP contribution in [0.3, 0.4) is 0 Å². The highest BCUT2D eigenvalue weighted by molar-refractivity contribution is 7.89. The van der Waals surface area contributed by atoms with Gasteiger partial charge in [-0.3, -0.25) is 9.59 Å². The molecule has 0 unspecified atom stereocenters. The first-order valence-corrected chi connectivity index (χ1v) is 9.54. The lowest BCUT2D eigenvalue weighted by Gasteiger charge is -2.28. The van der Waals surface area contributed by atoms with Crippen LogP contribution in [0.25, 0.3) is 0 Å². The number of nitrogens with two attached hydrogens (primary N) is 1. The lowest BCUT2D eigenvalue weighted by atomic mass is 9.81. The van der Waals surface area contributed by atoms with Gasteiger partial charge in [-0.25, -0.2) is 13.1 Å². The minimum Gasteiger partial charge on any atom is -0.347 e. The summed E-state index contributed by atoms with van der Waals surface area (Å²) in [5, 5.41) is 5.15. The molecule has 9 heteroatoms. The molecule has 5 N–H and O–H groups in total. The molecular formula is C16H26N4O4S. The van der Waals surface area contributed by atoms with Gasteiger partial charge in [-0.2, -0.15) is 0 Å². The monoisotopic (exact) mass is 370 g/mol. The highest BCUT2D eigenvalue weighted by atomic mass is 32.2. The van der Waals surface area contributed by atoms with E-state index in [4.69, 9.17) is 5.73 Å². The smallest absolute Gasteiger partial charge is 0.243 e. The third kappa shape index (κ3) is 5.25. The number of nitrogens with one attached hydrogen (secondary N) is 3. The van der Waals surface area contributed by atoms with Crippen LogP contribution in [-0.2, 0) is 19.6 Å². The molecular weight excluding hydrogens is 344 g/mol. The summed E-state index contributed by atoms with van der Waals surface area (Å²) in [7, 11) is -2.29. The first-order chi connectivity index (χ1) is 11.7. The zero-order valence-corrected chi connectivity index (χ0v) is 15.6. The van der Waals surface area contributed by atoms with Crippen molar-refractivity contribution < 1.29 is 18.0 Å². The second kappa shape index (κ2) is 8.93. The largest absolute Gasteiger partial charge is 0.347 e. The predicted molar refractivity (Wildman–Crippen MR) is 96.4 cm³/mol. The lowest BCUT2D eigenvalue weighted by Crippen LogP contribution is -2.47. The first kappa shape index (κ1) is 21.1. The zero-order valence-electron chi connectivity index (χ0n) is 14.8. The van der Waals surface area contributed by atoms with Gasteiger partial charge in [0.15, 0.2) is 0 Å². The van der Waals surface area contributed by atoms with E-state index in [1.54, 1.807) is 6.07 Å². The van der Waals surface area contributed by atoms with E-state index in [0.29, 0.717) is 18.5 Å². The normalized spacial score (nSPS) is 11.8. The van der Waals surface area contributed by atoms with E-state index >= 15 is 0 Å². The fourth-order valence-corrected chi connectivity index (χ4v) is 3.14. The minimum absolute atomic E-state index is 0.0379. The van der Waals surface area contributed by atoms with Gasteiger partial charge in [0.25, 0.3) is 0 Å². The van der Waals surface area contributed by atoms with Crippen LogP contribution in [0.5, 0.6) is 0 Å². The summed E-state index contributed by atoms with van der Waals surface area (Å²) in [6, 6.07) is 5.85. The Labute approximate surface area is 148 Å². The highest BCUT2D eigenvalue weighted by Crippen LogP contribution is 2.24. The van der Waals surface area contributed by atoms with Gasteiger partial charge >= 0.3 is 0 Å². The van der Waals surface area contributed by atoms with Crippen molar-refractivity contribution >= 4 is 27.5 Å². The molecule has 0 heterocycles. The van der Waals surface area contributed by atoms with Crippen molar-refractivity contribution in [3.05, 3.63) is 24.3 Å². The van der Waals surface area contributed by atoms with E-state index in [2.05, 4.69) is 15.4 Å². The fraction of sp³-hybridized carbons (Fsp3) is 0.500. The summed E-state index contributed by atoms with van der Waals surface area (Å²) in [4.78, 5) is 24.3. The number of hydrogen-bond acceptors (Lipinski definition) is 5. The quantitative estimate of drug-likeness (QED) is 0.500. The molecule has 0 saturated carbocycles. The van der Waals surface area contributed by atoms with Crippen molar-refractivity contribution in [2.75, 3.05) is 25.5 Å². The maximum Gasteiger partial charge on any atom is 0.243 e. The van der Waals surface area contributed by atoms with Gasteiger partial charge in [0.2, 0.25) is 21.8 Å². The summed E-state index contributed by atoms with van der Waals surface area (Å²) in [5.74, 6) is -0.716. The fourth-order valence-electron chi connectivity index (χ4n) is 2.36. The average molecular weight is 370 g/mol. The number of carbonyl (C=O) groups is 2. The Hall–Kier alpha value is -1.97. The van der Waals surface area contributed by atoms with Gasteiger partial charge in [-0.15, -0.1) is 0 Å². The molecule has 0 aliphatic carbocycles. The van der Waals surface area contributed by atoms with Crippen LogP contribution in [-0.4, -0.2) is 40.4 Å². The van der Waals surface area contributed by atoms with E-state index in [0.717, 1.165) is 0 Å². The minimum atomic E-state index is -3.60. The van der Waals surface area contributed by atoms with Crippen molar-refractivity contribution in [2.24, 2.45) is 11.1 Å². The van der Waals surface area contributed by atoms with E-state index in [9.17, 15) is 18.0 Å². The van der Waals surface area contributed by atoms with Crippen LogP contribution >= 0.6 is 0 Å². The number of sulfonamides is 1. The first-order valence-electron chi connectivity index (χ1n) is 8.06. The Morgan fingerprint density at radius 2 is 1.84 bits per heavy atom. The van der Waals surface area contributed by atoms with Gasteiger partial charge in [0.1, 0.15) is 0 Å². The molecule has 140 valence electrons. The van der Waals surface area contributed by atoms with Crippen LogP contribution in [0, 0.1) is 5.41 Å². The van der Waals surface area contributed by atoms with Gasteiger partial charge in [0.05, 0.1) is 16.9 Å². The molecule has 0 fully saturated rings. The molecule has 1 aromatic carbocycles. The SMILES string of the molecule is CCC(CC)(CN)C(=O)NCC(=O)Nc1cccc(S(=O)(=O)NC)c1. The Morgan fingerprint density at radius 3 is 2.36 bits per heavy atom. The maximum absolute atomic E-state index is 12.3.